The molecule has 0 saturated carbocycles. The minimum absolute atomic E-state index is 0.276. The van der Waals surface area contributed by atoms with Gasteiger partial charge in [-0.1, -0.05) is 23.2 Å². The summed E-state index contributed by atoms with van der Waals surface area (Å²) in [5.74, 6) is 0.486. The molecular weight excluding hydrogens is 315 g/mol. The molecule has 2 rings (SSSR count). The average Bonchev–Trinajstić information content (AvgIpc) is 2.86. The zero-order valence-corrected chi connectivity index (χ0v) is 13.3. The molecule has 0 amide bonds. The highest BCUT2D eigenvalue weighted by Crippen LogP contribution is 2.36. The van der Waals surface area contributed by atoms with E-state index in [0.29, 0.717) is 39.3 Å². The molecule has 7 heteroatoms. The number of ketones is 1. The lowest BCUT2D eigenvalue weighted by molar-refractivity contribution is 0.102. The fourth-order valence-corrected chi connectivity index (χ4v) is 2.53. The minimum Gasteiger partial charge on any atom is -0.493 e. The van der Waals surface area contributed by atoms with E-state index in [1.54, 1.807) is 6.07 Å². The zero-order chi connectivity index (χ0) is 15.6. The van der Waals surface area contributed by atoms with Crippen molar-refractivity contribution in [3.05, 3.63) is 39.6 Å². The number of halogens is 2. The second-order valence-corrected chi connectivity index (χ2v) is 4.99. The molecule has 0 aliphatic rings. The van der Waals surface area contributed by atoms with Gasteiger partial charge in [0.2, 0.25) is 5.78 Å². The summed E-state index contributed by atoms with van der Waals surface area (Å²) in [6.45, 7) is 2.41. The van der Waals surface area contributed by atoms with Crippen molar-refractivity contribution in [1.82, 2.24) is 9.78 Å². The predicted molar refractivity (Wildman–Crippen MR) is 80.9 cm³/mol. The van der Waals surface area contributed by atoms with Crippen LogP contribution in [0, 0.1) is 0 Å². The lowest BCUT2D eigenvalue weighted by atomic mass is 10.1. The number of aryl methyl sites for hydroxylation is 1. The third kappa shape index (κ3) is 2.84. The van der Waals surface area contributed by atoms with Crippen molar-refractivity contribution in [3.8, 4) is 11.5 Å². The Bertz CT molecular complexity index is 683. The molecule has 0 saturated heterocycles. The average molecular weight is 329 g/mol. The summed E-state index contributed by atoms with van der Waals surface area (Å²) in [5.41, 5.74) is 0.678. The number of hydrogen-bond donors (Lipinski definition) is 0. The Morgan fingerprint density at radius 1 is 1.24 bits per heavy atom. The van der Waals surface area contributed by atoms with Gasteiger partial charge in [-0.2, -0.15) is 5.10 Å². The largest absolute Gasteiger partial charge is 0.493 e. The van der Waals surface area contributed by atoms with Gasteiger partial charge in [0.05, 0.1) is 30.5 Å². The predicted octanol–water partition coefficient (Wildman–Crippen LogP) is 3.46. The summed E-state index contributed by atoms with van der Waals surface area (Å²) in [6, 6.07) is 3.09. The number of aromatic nitrogens is 2. The molecule has 1 aromatic carbocycles. The molecule has 0 radical (unpaired) electrons. The Hall–Kier alpha value is -1.72. The molecule has 21 heavy (non-hydrogen) atoms. The first-order valence-corrected chi connectivity index (χ1v) is 6.96. The van der Waals surface area contributed by atoms with Crippen LogP contribution in [0.2, 0.25) is 10.0 Å². The summed E-state index contributed by atoms with van der Waals surface area (Å²) in [5, 5.41) is 4.64. The van der Waals surface area contributed by atoms with Crippen LogP contribution < -0.4 is 9.47 Å². The van der Waals surface area contributed by atoms with E-state index < -0.39 is 0 Å². The van der Waals surface area contributed by atoms with Gasteiger partial charge in [-0.25, -0.2) is 0 Å². The summed E-state index contributed by atoms with van der Waals surface area (Å²) >= 11 is 12.2. The van der Waals surface area contributed by atoms with Gasteiger partial charge in [-0.05, 0) is 19.1 Å². The van der Waals surface area contributed by atoms with Crippen LogP contribution in [-0.2, 0) is 6.54 Å². The van der Waals surface area contributed by atoms with Gasteiger partial charge >= 0.3 is 0 Å². The van der Waals surface area contributed by atoms with E-state index in [9.17, 15) is 4.79 Å². The molecule has 112 valence electrons. The molecule has 0 N–H and O–H groups in total. The number of methoxy groups -OCH3 is 2. The van der Waals surface area contributed by atoms with Crippen LogP contribution >= 0.6 is 23.2 Å². The minimum atomic E-state index is -0.276. The van der Waals surface area contributed by atoms with Crippen LogP contribution in [0.1, 0.15) is 23.0 Å². The number of nitrogens with zero attached hydrogens (tertiary/aromatic N) is 2. The fraction of sp³-hybridized carbons (Fsp3) is 0.286. The van der Waals surface area contributed by atoms with Crippen LogP contribution in [0.25, 0.3) is 0 Å². The van der Waals surface area contributed by atoms with Gasteiger partial charge in [0.1, 0.15) is 5.69 Å². The second-order valence-electron chi connectivity index (χ2n) is 4.18. The van der Waals surface area contributed by atoms with E-state index in [1.165, 1.54) is 31.2 Å². The zero-order valence-electron chi connectivity index (χ0n) is 11.8. The maximum Gasteiger partial charge on any atom is 0.212 e. The van der Waals surface area contributed by atoms with Crippen LogP contribution in [0.15, 0.2) is 18.3 Å². The number of benzene rings is 1. The van der Waals surface area contributed by atoms with E-state index in [-0.39, 0.29) is 5.78 Å². The molecule has 0 unspecified atom stereocenters. The monoisotopic (exact) mass is 328 g/mol. The van der Waals surface area contributed by atoms with Gasteiger partial charge < -0.3 is 9.47 Å². The van der Waals surface area contributed by atoms with E-state index in [1.807, 2.05) is 6.92 Å². The summed E-state index contributed by atoms with van der Waals surface area (Å²) in [7, 11) is 2.96. The normalized spacial score (nSPS) is 10.5. The molecule has 1 heterocycles. The number of hydrogen-bond acceptors (Lipinski definition) is 4. The molecule has 1 aromatic heterocycles. The van der Waals surface area contributed by atoms with Gasteiger partial charge in [0.25, 0.3) is 0 Å². The molecule has 2 aromatic rings. The van der Waals surface area contributed by atoms with Crippen LogP contribution in [0.4, 0.5) is 0 Å². The summed E-state index contributed by atoms with van der Waals surface area (Å²) in [4.78, 5) is 12.6. The van der Waals surface area contributed by atoms with Crippen molar-refractivity contribution in [3.63, 3.8) is 0 Å². The van der Waals surface area contributed by atoms with Crippen molar-refractivity contribution < 1.29 is 14.3 Å². The van der Waals surface area contributed by atoms with Crippen LogP contribution in [0.3, 0.4) is 0 Å². The Morgan fingerprint density at radius 3 is 2.52 bits per heavy atom. The third-order valence-electron chi connectivity index (χ3n) is 3.01. The Morgan fingerprint density at radius 2 is 1.95 bits per heavy atom. The highest BCUT2D eigenvalue weighted by molar-refractivity contribution is 6.35. The maximum atomic E-state index is 12.6. The highest BCUT2D eigenvalue weighted by atomic mass is 35.5. The smallest absolute Gasteiger partial charge is 0.212 e. The van der Waals surface area contributed by atoms with Crippen molar-refractivity contribution >= 4 is 29.0 Å². The van der Waals surface area contributed by atoms with E-state index in [2.05, 4.69) is 5.10 Å². The molecule has 0 atom stereocenters. The molecule has 0 aliphatic heterocycles. The quantitative estimate of drug-likeness (QED) is 0.789. The molecule has 0 fully saturated rings. The number of carbonyl (C=O) groups excluding carboxylic acids is 1. The first-order chi connectivity index (χ1) is 10.0. The lowest BCUT2D eigenvalue weighted by Gasteiger charge is -2.12. The van der Waals surface area contributed by atoms with E-state index in [0.717, 1.165) is 0 Å². The highest BCUT2D eigenvalue weighted by Gasteiger charge is 2.21. The lowest BCUT2D eigenvalue weighted by Crippen LogP contribution is -2.11. The number of ether oxygens (including phenoxy) is 2. The van der Waals surface area contributed by atoms with Crippen molar-refractivity contribution in [2.45, 2.75) is 13.5 Å². The molecular formula is C14H14Cl2N2O3. The van der Waals surface area contributed by atoms with Gasteiger partial charge in [0, 0.05) is 12.1 Å². The molecule has 0 spiro atoms. The summed E-state index contributed by atoms with van der Waals surface area (Å²) < 4.78 is 11.9. The Labute approximate surface area is 132 Å². The first-order valence-electron chi connectivity index (χ1n) is 6.21. The van der Waals surface area contributed by atoms with Gasteiger partial charge in [0.15, 0.2) is 11.5 Å². The molecule has 0 bridgehead atoms. The van der Waals surface area contributed by atoms with Gasteiger partial charge in [-0.15, -0.1) is 0 Å². The van der Waals surface area contributed by atoms with Crippen molar-refractivity contribution in [1.29, 1.82) is 0 Å². The number of rotatable bonds is 5. The Balaban J connectivity index is 2.54. The number of carbonyl (C=O) groups is 1. The first kappa shape index (κ1) is 15.7. The van der Waals surface area contributed by atoms with Crippen molar-refractivity contribution in [2.24, 2.45) is 0 Å². The third-order valence-corrected chi connectivity index (χ3v) is 3.56. The maximum absolute atomic E-state index is 12.6. The SMILES string of the molecule is CCn1ncc(Cl)c1C(=O)c1cc(Cl)c(OC)c(OC)c1. The topological polar surface area (TPSA) is 53.4 Å². The van der Waals surface area contributed by atoms with Crippen LogP contribution in [0.5, 0.6) is 11.5 Å². The summed E-state index contributed by atoms with van der Waals surface area (Å²) in [6.07, 6.45) is 1.45. The molecule has 0 aliphatic carbocycles. The van der Waals surface area contributed by atoms with Crippen LogP contribution in [-0.4, -0.2) is 29.8 Å². The second kappa shape index (κ2) is 6.37. The molecule has 5 nitrogen and oxygen atoms in total. The standard InChI is InChI=1S/C14H14Cl2N2O3/c1-4-18-12(10(16)7-17-18)13(19)8-5-9(15)14(21-3)11(6-8)20-2/h5-7H,4H2,1-3H3. The fourth-order valence-electron chi connectivity index (χ4n) is 2.01. The Kier molecular flexibility index (Phi) is 4.75. The van der Waals surface area contributed by atoms with E-state index in [4.69, 9.17) is 32.7 Å². The van der Waals surface area contributed by atoms with Crippen molar-refractivity contribution in [2.75, 3.05) is 14.2 Å². The van der Waals surface area contributed by atoms with E-state index >= 15 is 0 Å². The van der Waals surface area contributed by atoms with Gasteiger partial charge in [-0.3, -0.25) is 9.48 Å².